The van der Waals surface area contributed by atoms with Crippen LogP contribution in [0.2, 0.25) is 10.0 Å². The van der Waals surface area contributed by atoms with Crippen LogP contribution in [0.3, 0.4) is 0 Å². The van der Waals surface area contributed by atoms with Crippen LogP contribution in [0.1, 0.15) is 6.92 Å². The van der Waals surface area contributed by atoms with E-state index in [9.17, 15) is 8.42 Å². The molecule has 6 heteroatoms. The average molecular weight is 266 g/mol. The highest BCUT2D eigenvalue weighted by Crippen LogP contribution is 2.25. The van der Waals surface area contributed by atoms with Crippen molar-refractivity contribution >= 4 is 33.0 Å². The lowest BCUT2D eigenvalue weighted by molar-refractivity contribution is 0.604. The van der Waals surface area contributed by atoms with Crippen LogP contribution < -0.4 is 5.73 Å². The van der Waals surface area contributed by atoms with Gasteiger partial charge in [0.15, 0.2) is 0 Å². The van der Waals surface area contributed by atoms with Gasteiger partial charge in [-0.25, -0.2) is 8.42 Å². The molecule has 1 rings (SSSR count). The summed E-state index contributed by atoms with van der Waals surface area (Å²) < 4.78 is 23.3. The molecule has 0 heterocycles. The van der Waals surface area contributed by atoms with E-state index in [-0.39, 0.29) is 15.6 Å². The summed E-state index contributed by atoms with van der Waals surface area (Å²) in [4.78, 5) is 0.0710. The highest BCUT2D eigenvalue weighted by Gasteiger charge is 2.12. The summed E-state index contributed by atoms with van der Waals surface area (Å²) in [5.74, 6) is 0. The topological polar surface area (TPSA) is 60.2 Å². The van der Waals surface area contributed by atoms with E-state index < -0.39 is 9.84 Å². The molecule has 0 amide bonds. The highest BCUT2D eigenvalue weighted by atomic mass is 35.5. The van der Waals surface area contributed by atoms with Crippen molar-refractivity contribution in [2.75, 3.05) is 0 Å². The number of benzene rings is 1. The second kappa shape index (κ2) is 4.43. The van der Waals surface area contributed by atoms with Crippen molar-refractivity contribution in [3.63, 3.8) is 0 Å². The maximum atomic E-state index is 11.6. The first-order valence-electron chi connectivity index (χ1n) is 3.97. The summed E-state index contributed by atoms with van der Waals surface area (Å²) in [5, 5.41) is 1.48. The first kappa shape index (κ1) is 12.4. The number of halogens is 2. The van der Waals surface area contributed by atoms with Gasteiger partial charge >= 0.3 is 0 Å². The maximum Gasteiger partial charge on any atom is 0.201 e. The fourth-order valence-corrected chi connectivity index (χ4v) is 2.49. The Morgan fingerprint density at radius 2 is 1.93 bits per heavy atom. The predicted molar refractivity (Wildman–Crippen MR) is 61.6 cm³/mol. The predicted octanol–water partition coefficient (Wildman–Crippen LogP) is 2.59. The number of nitrogens with two attached hydrogens (primary N) is 1. The van der Waals surface area contributed by atoms with Crippen molar-refractivity contribution in [2.45, 2.75) is 11.8 Å². The Hall–Kier alpha value is -0.710. The molecule has 0 saturated heterocycles. The third kappa shape index (κ3) is 3.12. The van der Waals surface area contributed by atoms with Gasteiger partial charge in [0, 0.05) is 5.70 Å². The van der Waals surface area contributed by atoms with Crippen molar-refractivity contribution in [3.8, 4) is 0 Å². The minimum atomic E-state index is -3.53. The molecule has 2 N–H and O–H groups in total. The first-order valence-corrected chi connectivity index (χ1v) is 6.27. The van der Waals surface area contributed by atoms with Crippen molar-refractivity contribution in [1.82, 2.24) is 0 Å². The molecule has 0 bridgehead atoms. The fraction of sp³-hybridized carbons (Fsp3) is 0.111. The molecule has 15 heavy (non-hydrogen) atoms. The molecule has 0 aliphatic carbocycles. The standard InChI is InChI=1S/C9H9Cl2NO2S/c1-6(12)5-15(13,14)7-2-3-8(10)9(11)4-7/h2-5H,12H2,1H3. The summed E-state index contributed by atoms with van der Waals surface area (Å²) in [7, 11) is -3.53. The summed E-state index contributed by atoms with van der Waals surface area (Å²) >= 11 is 11.4. The largest absolute Gasteiger partial charge is 0.402 e. The van der Waals surface area contributed by atoms with E-state index in [1.807, 2.05) is 0 Å². The molecule has 0 fully saturated rings. The zero-order valence-corrected chi connectivity index (χ0v) is 10.2. The average Bonchev–Trinajstić information content (AvgIpc) is 2.07. The van der Waals surface area contributed by atoms with E-state index >= 15 is 0 Å². The van der Waals surface area contributed by atoms with Crippen LogP contribution in [0.4, 0.5) is 0 Å². The van der Waals surface area contributed by atoms with Crippen molar-refractivity contribution < 1.29 is 8.42 Å². The molecule has 0 atom stereocenters. The van der Waals surface area contributed by atoms with Gasteiger partial charge in [-0.05, 0) is 25.1 Å². The fourth-order valence-electron chi connectivity index (χ4n) is 0.967. The Bertz CT molecular complexity index is 505. The minimum absolute atomic E-state index is 0.0710. The molecule has 0 aliphatic heterocycles. The lowest BCUT2D eigenvalue weighted by Gasteiger charge is -2.01. The molecule has 0 aromatic heterocycles. The Morgan fingerprint density at radius 1 is 1.33 bits per heavy atom. The smallest absolute Gasteiger partial charge is 0.201 e. The Kier molecular flexibility index (Phi) is 3.65. The number of allylic oxidation sites excluding steroid dienone is 1. The molecule has 0 spiro atoms. The summed E-state index contributed by atoms with van der Waals surface area (Å²) in [6.45, 7) is 1.50. The van der Waals surface area contributed by atoms with Crippen LogP contribution in [0.25, 0.3) is 0 Å². The number of hydrogen-bond acceptors (Lipinski definition) is 3. The van der Waals surface area contributed by atoms with Gasteiger partial charge < -0.3 is 5.73 Å². The van der Waals surface area contributed by atoms with E-state index in [1.165, 1.54) is 25.1 Å². The number of sulfone groups is 1. The highest BCUT2D eigenvalue weighted by molar-refractivity contribution is 7.94. The van der Waals surface area contributed by atoms with Gasteiger partial charge in [-0.15, -0.1) is 0 Å². The quantitative estimate of drug-likeness (QED) is 0.894. The second-order valence-corrected chi connectivity index (χ2v) is 5.59. The molecule has 0 saturated carbocycles. The van der Waals surface area contributed by atoms with E-state index in [0.29, 0.717) is 5.02 Å². The molecular formula is C9H9Cl2NO2S. The third-order valence-electron chi connectivity index (χ3n) is 1.56. The molecule has 0 radical (unpaired) electrons. The molecule has 1 aromatic carbocycles. The van der Waals surface area contributed by atoms with Crippen LogP contribution in [0, 0.1) is 0 Å². The normalized spacial score (nSPS) is 12.9. The molecule has 3 nitrogen and oxygen atoms in total. The number of hydrogen-bond donors (Lipinski definition) is 1. The molecule has 82 valence electrons. The van der Waals surface area contributed by atoms with Gasteiger partial charge in [-0.1, -0.05) is 23.2 Å². The lowest BCUT2D eigenvalue weighted by atomic mass is 10.4. The Balaban J connectivity index is 3.29. The van der Waals surface area contributed by atoms with Gasteiger partial charge in [-0.3, -0.25) is 0 Å². The zero-order valence-electron chi connectivity index (χ0n) is 7.87. The van der Waals surface area contributed by atoms with E-state index in [4.69, 9.17) is 28.9 Å². The van der Waals surface area contributed by atoms with E-state index in [2.05, 4.69) is 0 Å². The van der Waals surface area contributed by atoms with Crippen LogP contribution in [0.15, 0.2) is 34.2 Å². The first-order chi connectivity index (χ1) is 6.83. The molecule has 0 aliphatic rings. The van der Waals surface area contributed by atoms with Crippen molar-refractivity contribution in [1.29, 1.82) is 0 Å². The third-order valence-corrected chi connectivity index (χ3v) is 3.89. The van der Waals surface area contributed by atoms with Gasteiger partial charge in [-0.2, -0.15) is 0 Å². The molecule has 1 aromatic rings. The maximum absolute atomic E-state index is 11.6. The van der Waals surface area contributed by atoms with Gasteiger partial charge in [0.05, 0.1) is 20.3 Å². The monoisotopic (exact) mass is 265 g/mol. The summed E-state index contributed by atoms with van der Waals surface area (Å²) in [5.41, 5.74) is 5.52. The van der Waals surface area contributed by atoms with Crippen molar-refractivity contribution in [3.05, 3.63) is 39.3 Å². The Morgan fingerprint density at radius 3 is 2.40 bits per heavy atom. The molecule has 0 unspecified atom stereocenters. The zero-order chi connectivity index (χ0) is 11.6. The second-order valence-electron chi connectivity index (χ2n) is 2.98. The SMILES string of the molecule is CC(N)=CS(=O)(=O)c1ccc(Cl)c(Cl)c1. The lowest BCUT2D eigenvalue weighted by Crippen LogP contribution is -2.01. The van der Waals surface area contributed by atoms with Crippen molar-refractivity contribution in [2.24, 2.45) is 5.73 Å². The number of rotatable bonds is 2. The van der Waals surface area contributed by atoms with Crippen LogP contribution >= 0.6 is 23.2 Å². The van der Waals surface area contributed by atoms with E-state index in [1.54, 1.807) is 0 Å². The van der Waals surface area contributed by atoms with Crippen LogP contribution in [-0.2, 0) is 9.84 Å². The Labute approximate surface area is 98.4 Å². The minimum Gasteiger partial charge on any atom is -0.402 e. The van der Waals surface area contributed by atoms with Gasteiger partial charge in [0.1, 0.15) is 0 Å². The summed E-state index contributed by atoms with van der Waals surface area (Å²) in [6, 6.07) is 4.10. The van der Waals surface area contributed by atoms with E-state index in [0.717, 1.165) is 5.41 Å². The van der Waals surface area contributed by atoms with Crippen LogP contribution in [0.5, 0.6) is 0 Å². The summed E-state index contributed by atoms with van der Waals surface area (Å²) in [6.07, 6.45) is 0. The van der Waals surface area contributed by atoms with Gasteiger partial charge in [0.25, 0.3) is 0 Å². The van der Waals surface area contributed by atoms with Crippen LogP contribution in [-0.4, -0.2) is 8.42 Å². The van der Waals surface area contributed by atoms with Gasteiger partial charge in [0.2, 0.25) is 9.84 Å². The molecular weight excluding hydrogens is 257 g/mol.